The second-order valence-corrected chi connectivity index (χ2v) is 7.37. The minimum absolute atomic E-state index is 0.170. The summed E-state index contributed by atoms with van der Waals surface area (Å²) in [5, 5.41) is 2.96. The van der Waals surface area contributed by atoms with Crippen LogP contribution < -0.4 is 14.8 Å². The van der Waals surface area contributed by atoms with E-state index in [4.69, 9.17) is 9.47 Å². The van der Waals surface area contributed by atoms with Gasteiger partial charge in [0.15, 0.2) is 0 Å². The molecule has 0 radical (unpaired) electrons. The maximum absolute atomic E-state index is 11.6. The Morgan fingerprint density at radius 1 is 1.04 bits per heavy atom. The van der Waals surface area contributed by atoms with E-state index in [1.54, 1.807) is 13.2 Å². The third kappa shape index (κ3) is 3.75. The second kappa shape index (κ2) is 7.44. The number of amides is 2. The molecule has 2 amide bonds. The van der Waals surface area contributed by atoms with Gasteiger partial charge in [-0.15, -0.1) is 0 Å². The molecular formula is C21H18N2O4S. The molecule has 1 saturated heterocycles. The highest BCUT2D eigenvalue weighted by Gasteiger charge is 2.24. The molecule has 1 atom stereocenters. The summed E-state index contributed by atoms with van der Waals surface area (Å²) in [5.41, 5.74) is 2.81. The van der Waals surface area contributed by atoms with Crippen LogP contribution in [0.4, 0.5) is 4.79 Å². The molecule has 7 heteroatoms. The number of methoxy groups -OCH3 is 1. The first kappa shape index (κ1) is 18.2. The Morgan fingerprint density at radius 2 is 1.79 bits per heavy atom. The number of hydrogen-bond acceptors (Lipinski definition) is 5. The zero-order valence-electron chi connectivity index (χ0n) is 15.3. The lowest BCUT2D eigenvalue weighted by Crippen LogP contribution is -2.17. The second-order valence-electron chi connectivity index (χ2n) is 6.36. The van der Waals surface area contributed by atoms with Crippen molar-refractivity contribution in [1.82, 2.24) is 10.3 Å². The standard InChI is InChI=1S/C21H18N2O4S/c1-12(18-11-14-10-16(26-2)7-8-17(14)22-18)27-15-5-3-13(4-6-15)9-19-20(24)23-21(25)28-19/h3-12,22H,1-2H3,(H,23,24,25)/b19-9+. The van der Waals surface area contributed by atoms with Gasteiger partial charge in [0.25, 0.3) is 11.1 Å². The number of H-pyrrole nitrogens is 1. The average molecular weight is 394 g/mol. The van der Waals surface area contributed by atoms with Crippen LogP contribution in [-0.4, -0.2) is 23.2 Å². The molecule has 1 aromatic heterocycles. The summed E-state index contributed by atoms with van der Waals surface area (Å²) in [6.07, 6.45) is 1.51. The van der Waals surface area contributed by atoms with Gasteiger partial charge in [0, 0.05) is 10.9 Å². The summed E-state index contributed by atoms with van der Waals surface area (Å²) in [5.74, 6) is 1.16. The molecule has 0 spiro atoms. The van der Waals surface area contributed by atoms with E-state index >= 15 is 0 Å². The maximum Gasteiger partial charge on any atom is 0.290 e. The summed E-state index contributed by atoms with van der Waals surface area (Å²) in [7, 11) is 1.65. The molecule has 3 aromatic rings. The van der Waals surface area contributed by atoms with Gasteiger partial charge in [-0.05, 0) is 66.7 Å². The van der Waals surface area contributed by atoms with E-state index in [-0.39, 0.29) is 17.3 Å². The van der Waals surface area contributed by atoms with Gasteiger partial charge in [0.1, 0.15) is 17.6 Å². The fourth-order valence-corrected chi connectivity index (χ4v) is 3.64. The molecule has 2 aromatic carbocycles. The number of benzene rings is 2. The van der Waals surface area contributed by atoms with Gasteiger partial charge in [0.05, 0.1) is 17.7 Å². The first-order valence-electron chi connectivity index (χ1n) is 8.70. The summed E-state index contributed by atoms with van der Waals surface area (Å²) < 4.78 is 11.3. The zero-order chi connectivity index (χ0) is 19.7. The minimum atomic E-state index is -0.362. The number of thioether (sulfide) groups is 1. The summed E-state index contributed by atoms with van der Waals surface area (Å²) in [6.45, 7) is 1.98. The molecule has 0 aliphatic carbocycles. The van der Waals surface area contributed by atoms with E-state index in [2.05, 4.69) is 10.3 Å². The molecule has 2 heterocycles. The topological polar surface area (TPSA) is 80.4 Å². The predicted octanol–water partition coefficient (Wildman–Crippen LogP) is 4.64. The largest absolute Gasteiger partial charge is 0.497 e. The lowest BCUT2D eigenvalue weighted by Gasteiger charge is -2.13. The molecule has 0 saturated carbocycles. The first-order valence-corrected chi connectivity index (χ1v) is 9.52. The lowest BCUT2D eigenvalue weighted by molar-refractivity contribution is -0.115. The van der Waals surface area contributed by atoms with Gasteiger partial charge in [-0.25, -0.2) is 0 Å². The highest BCUT2D eigenvalue weighted by atomic mass is 32.2. The fraction of sp³-hybridized carbons (Fsp3) is 0.143. The third-order valence-electron chi connectivity index (χ3n) is 4.42. The Balaban J connectivity index is 1.47. The van der Waals surface area contributed by atoms with Gasteiger partial charge >= 0.3 is 0 Å². The van der Waals surface area contributed by atoms with Crippen LogP contribution in [0.15, 0.2) is 53.4 Å². The number of ether oxygens (including phenoxy) is 2. The number of carbonyl (C=O) groups excluding carboxylic acids is 2. The van der Waals surface area contributed by atoms with E-state index in [1.807, 2.05) is 55.5 Å². The van der Waals surface area contributed by atoms with Crippen LogP contribution in [0, 0.1) is 0 Å². The monoisotopic (exact) mass is 394 g/mol. The van der Waals surface area contributed by atoms with Crippen LogP contribution in [-0.2, 0) is 4.79 Å². The van der Waals surface area contributed by atoms with E-state index in [1.165, 1.54) is 0 Å². The van der Waals surface area contributed by atoms with Crippen molar-refractivity contribution in [2.45, 2.75) is 13.0 Å². The van der Waals surface area contributed by atoms with E-state index < -0.39 is 0 Å². The van der Waals surface area contributed by atoms with Crippen LogP contribution in [0.1, 0.15) is 24.3 Å². The van der Waals surface area contributed by atoms with Crippen molar-refractivity contribution in [1.29, 1.82) is 0 Å². The number of carbonyl (C=O) groups is 2. The Kier molecular flexibility index (Phi) is 4.83. The van der Waals surface area contributed by atoms with Crippen LogP contribution >= 0.6 is 11.8 Å². The van der Waals surface area contributed by atoms with Crippen molar-refractivity contribution in [2.75, 3.05) is 7.11 Å². The van der Waals surface area contributed by atoms with Crippen molar-refractivity contribution >= 4 is 39.9 Å². The van der Waals surface area contributed by atoms with Gasteiger partial charge in [-0.3, -0.25) is 14.9 Å². The van der Waals surface area contributed by atoms with Crippen LogP contribution in [0.5, 0.6) is 11.5 Å². The van der Waals surface area contributed by atoms with E-state index in [0.29, 0.717) is 10.7 Å². The zero-order valence-corrected chi connectivity index (χ0v) is 16.1. The molecule has 1 aliphatic rings. The normalized spacial score (nSPS) is 16.4. The van der Waals surface area contributed by atoms with Crippen LogP contribution in [0.3, 0.4) is 0 Å². The smallest absolute Gasteiger partial charge is 0.290 e. The number of hydrogen-bond donors (Lipinski definition) is 2. The molecule has 1 fully saturated rings. The van der Waals surface area contributed by atoms with Crippen molar-refractivity contribution < 1.29 is 19.1 Å². The van der Waals surface area contributed by atoms with Gasteiger partial charge in [-0.2, -0.15) is 0 Å². The molecule has 2 N–H and O–H groups in total. The number of aromatic nitrogens is 1. The Bertz CT molecular complexity index is 1090. The Hall–Kier alpha value is -3.19. The van der Waals surface area contributed by atoms with Crippen molar-refractivity contribution in [3.8, 4) is 11.5 Å². The quantitative estimate of drug-likeness (QED) is 0.616. The predicted molar refractivity (Wildman–Crippen MR) is 109 cm³/mol. The van der Waals surface area contributed by atoms with Gasteiger partial charge in [0.2, 0.25) is 0 Å². The number of nitrogens with one attached hydrogen (secondary N) is 2. The van der Waals surface area contributed by atoms with Crippen LogP contribution in [0.25, 0.3) is 17.0 Å². The Labute approximate surface area is 165 Å². The highest BCUT2D eigenvalue weighted by Crippen LogP contribution is 2.29. The summed E-state index contributed by atoms with van der Waals surface area (Å²) in [6, 6.07) is 15.3. The van der Waals surface area contributed by atoms with Gasteiger partial charge < -0.3 is 14.5 Å². The molecule has 142 valence electrons. The average Bonchev–Trinajstić information content (AvgIpc) is 3.25. The van der Waals surface area contributed by atoms with Crippen molar-refractivity contribution in [3.05, 3.63) is 64.7 Å². The van der Waals surface area contributed by atoms with E-state index in [9.17, 15) is 9.59 Å². The number of rotatable bonds is 5. The maximum atomic E-state index is 11.6. The molecular weight excluding hydrogens is 376 g/mol. The first-order chi connectivity index (χ1) is 13.5. The van der Waals surface area contributed by atoms with Gasteiger partial charge in [-0.1, -0.05) is 12.1 Å². The summed E-state index contributed by atoms with van der Waals surface area (Å²) >= 11 is 0.902. The third-order valence-corrected chi connectivity index (χ3v) is 5.23. The molecule has 1 aliphatic heterocycles. The molecule has 4 rings (SSSR count). The highest BCUT2D eigenvalue weighted by molar-refractivity contribution is 8.18. The van der Waals surface area contributed by atoms with E-state index in [0.717, 1.165) is 39.7 Å². The minimum Gasteiger partial charge on any atom is -0.497 e. The Morgan fingerprint density at radius 3 is 2.46 bits per heavy atom. The molecule has 1 unspecified atom stereocenters. The molecule has 6 nitrogen and oxygen atoms in total. The van der Waals surface area contributed by atoms with Crippen molar-refractivity contribution in [2.24, 2.45) is 0 Å². The summed E-state index contributed by atoms with van der Waals surface area (Å²) in [4.78, 5) is 26.6. The SMILES string of the molecule is COc1ccc2[nH]c(C(C)Oc3ccc(/C=C4/SC(=O)NC4=O)cc3)cc2c1. The molecule has 0 bridgehead atoms. The number of fused-ring (bicyclic) bond motifs is 1. The lowest BCUT2D eigenvalue weighted by atomic mass is 10.2. The van der Waals surface area contributed by atoms with Crippen molar-refractivity contribution in [3.63, 3.8) is 0 Å². The van der Waals surface area contributed by atoms with Crippen LogP contribution in [0.2, 0.25) is 0 Å². The number of aromatic amines is 1. The molecule has 28 heavy (non-hydrogen) atoms. The fourth-order valence-electron chi connectivity index (χ4n) is 2.96. The number of imide groups is 1.